The van der Waals surface area contributed by atoms with Gasteiger partial charge in [-0.05, 0) is 91.2 Å². The Labute approximate surface area is 238 Å². The SMILES string of the molecule is COc1ccc(C(=O)N2CCc3ccc(NC(=O)COc4ccc(S(=O)(=O)Nc5ccccc5C)cc4)cc32)cc1. The molecule has 0 bridgehead atoms. The molecule has 0 atom stereocenters. The molecule has 0 spiro atoms. The summed E-state index contributed by atoms with van der Waals surface area (Å²) in [5.74, 6) is 0.499. The lowest BCUT2D eigenvalue weighted by atomic mass is 10.1. The molecule has 1 aliphatic heterocycles. The van der Waals surface area contributed by atoms with Crippen LogP contribution in [0.15, 0.2) is 95.9 Å². The number of nitrogens with zero attached hydrogens (tertiary/aromatic N) is 1. The molecule has 41 heavy (non-hydrogen) atoms. The van der Waals surface area contributed by atoms with Gasteiger partial charge in [0.2, 0.25) is 0 Å². The number of sulfonamides is 1. The average Bonchev–Trinajstić information content (AvgIpc) is 3.40. The summed E-state index contributed by atoms with van der Waals surface area (Å²) in [5.41, 5.74) is 4.17. The van der Waals surface area contributed by atoms with Crippen LogP contribution in [-0.4, -0.2) is 40.5 Å². The zero-order chi connectivity index (χ0) is 29.0. The highest BCUT2D eigenvalue weighted by Crippen LogP contribution is 2.32. The highest BCUT2D eigenvalue weighted by atomic mass is 32.2. The molecule has 1 heterocycles. The summed E-state index contributed by atoms with van der Waals surface area (Å²) < 4.78 is 38.8. The molecule has 10 heteroatoms. The Bertz CT molecular complexity index is 1690. The largest absolute Gasteiger partial charge is 0.497 e. The first-order chi connectivity index (χ1) is 19.7. The molecule has 2 N–H and O–H groups in total. The average molecular weight is 572 g/mol. The third kappa shape index (κ3) is 6.33. The Hall–Kier alpha value is -4.83. The van der Waals surface area contributed by atoms with Crippen molar-refractivity contribution < 1.29 is 27.5 Å². The minimum Gasteiger partial charge on any atom is -0.497 e. The van der Waals surface area contributed by atoms with E-state index in [1.165, 1.54) is 24.3 Å². The van der Waals surface area contributed by atoms with E-state index in [9.17, 15) is 18.0 Å². The molecule has 1 aliphatic rings. The van der Waals surface area contributed by atoms with Gasteiger partial charge < -0.3 is 19.7 Å². The van der Waals surface area contributed by atoms with Crippen molar-refractivity contribution in [1.29, 1.82) is 0 Å². The zero-order valence-corrected chi connectivity index (χ0v) is 23.4. The van der Waals surface area contributed by atoms with Gasteiger partial charge in [0, 0.05) is 23.5 Å². The Morgan fingerprint density at radius 1 is 0.902 bits per heavy atom. The van der Waals surface area contributed by atoms with Crippen molar-refractivity contribution in [2.75, 3.05) is 35.2 Å². The first-order valence-corrected chi connectivity index (χ1v) is 14.4. The standard InChI is InChI=1S/C31H29N3O6S/c1-21-5-3-4-6-28(21)33-41(37,38)27-15-13-26(14-16-27)40-20-30(35)32-24-10-7-22-17-18-34(29(22)19-24)31(36)23-8-11-25(39-2)12-9-23/h3-16,19,33H,17-18,20H2,1-2H3,(H,32,35). The fourth-order valence-electron chi connectivity index (χ4n) is 4.51. The maximum absolute atomic E-state index is 13.1. The predicted molar refractivity (Wildman–Crippen MR) is 157 cm³/mol. The molecule has 0 aromatic heterocycles. The van der Waals surface area contributed by atoms with Crippen molar-refractivity contribution in [3.63, 3.8) is 0 Å². The lowest BCUT2D eigenvalue weighted by Gasteiger charge is -2.18. The molecule has 210 valence electrons. The molecule has 5 rings (SSSR count). The summed E-state index contributed by atoms with van der Waals surface area (Å²) in [4.78, 5) is 27.5. The third-order valence-corrected chi connectivity index (χ3v) is 8.12. The van der Waals surface area contributed by atoms with Crippen LogP contribution in [0.25, 0.3) is 0 Å². The fourth-order valence-corrected chi connectivity index (χ4v) is 5.64. The number of methoxy groups -OCH3 is 1. The topological polar surface area (TPSA) is 114 Å². The van der Waals surface area contributed by atoms with E-state index in [0.29, 0.717) is 35.0 Å². The molecule has 0 saturated carbocycles. The van der Waals surface area contributed by atoms with Crippen molar-refractivity contribution in [3.8, 4) is 11.5 Å². The minimum atomic E-state index is -3.78. The van der Waals surface area contributed by atoms with Crippen LogP contribution >= 0.6 is 0 Å². The van der Waals surface area contributed by atoms with E-state index >= 15 is 0 Å². The first kappa shape index (κ1) is 27.7. The van der Waals surface area contributed by atoms with Crippen LogP contribution in [-0.2, 0) is 21.2 Å². The van der Waals surface area contributed by atoms with Crippen molar-refractivity contribution >= 4 is 38.9 Å². The van der Waals surface area contributed by atoms with E-state index in [2.05, 4.69) is 10.0 Å². The Morgan fingerprint density at radius 2 is 1.61 bits per heavy atom. The number of para-hydroxylation sites is 1. The van der Waals surface area contributed by atoms with Crippen molar-refractivity contribution in [1.82, 2.24) is 0 Å². The first-order valence-electron chi connectivity index (χ1n) is 12.9. The normalized spacial score (nSPS) is 12.4. The molecular formula is C31H29N3O6S. The Kier molecular flexibility index (Phi) is 7.93. The number of amides is 2. The van der Waals surface area contributed by atoms with Gasteiger partial charge in [-0.3, -0.25) is 14.3 Å². The number of anilines is 3. The molecule has 9 nitrogen and oxygen atoms in total. The van der Waals surface area contributed by atoms with Crippen LogP contribution in [0.2, 0.25) is 0 Å². The molecule has 0 saturated heterocycles. The fraction of sp³-hybridized carbons (Fsp3) is 0.161. The third-order valence-electron chi connectivity index (χ3n) is 6.74. The number of hydrogen-bond acceptors (Lipinski definition) is 6. The highest BCUT2D eigenvalue weighted by molar-refractivity contribution is 7.92. The summed E-state index contributed by atoms with van der Waals surface area (Å²) in [6, 6.07) is 25.4. The number of carbonyl (C=O) groups is 2. The number of aryl methyl sites for hydroxylation is 1. The number of carbonyl (C=O) groups excluding carboxylic acids is 2. The number of nitrogens with one attached hydrogen (secondary N) is 2. The van der Waals surface area contributed by atoms with Gasteiger partial charge in [-0.2, -0.15) is 0 Å². The van der Waals surface area contributed by atoms with E-state index in [1.54, 1.807) is 60.5 Å². The smallest absolute Gasteiger partial charge is 0.262 e. The molecule has 0 unspecified atom stereocenters. The second-order valence-electron chi connectivity index (χ2n) is 9.51. The maximum atomic E-state index is 13.1. The van der Waals surface area contributed by atoms with Crippen LogP contribution in [0, 0.1) is 6.92 Å². The minimum absolute atomic E-state index is 0.0736. The summed E-state index contributed by atoms with van der Waals surface area (Å²) in [6.07, 6.45) is 0.723. The van der Waals surface area contributed by atoms with Crippen LogP contribution in [0.5, 0.6) is 11.5 Å². The van der Waals surface area contributed by atoms with Gasteiger partial charge in [0.15, 0.2) is 6.61 Å². The summed E-state index contributed by atoms with van der Waals surface area (Å²) in [5, 5.41) is 2.80. The molecule has 2 amide bonds. The maximum Gasteiger partial charge on any atom is 0.262 e. The quantitative estimate of drug-likeness (QED) is 0.292. The van der Waals surface area contributed by atoms with Crippen molar-refractivity contribution in [3.05, 3.63) is 108 Å². The highest BCUT2D eigenvalue weighted by Gasteiger charge is 2.26. The van der Waals surface area contributed by atoms with Crippen LogP contribution in [0.1, 0.15) is 21.5 Å². The van der Waals surface area contributed by atoms with E-state index < -0.39 is 15.9 Å². The number of benzene rings is 4. The van der Waals surface area contributed by atoms with E-state index in [1.807, 2.05) is 25.1 Å². The predicted octanol–water partition coefficient (Wildman–Crippen LogP) is 5.02. The van der Waals surface area contributed by atoms with Gasteiger partial charge in [-0.1, -0.05) is 24.3 Å². The lowest BCUT2D eigenvalue weighted by molar-refractivity contribution is -0.118. The Morgan fingerprint density at radius 3 is 2.32 bits per heavy atom. The lowest BCUT2D eigenvalue weighted by Crippen LogP contribution is -2.29. The van der Waals surface area contributed by atoms with Gasteiger partial charge in [-0.25, -0.2) is 8.42 Å². The van der Waals surface area contributed by atoms with Gasteiger partial charge >= 0.3 is 0 Å². The van der Waals surface area contributed by atoms with E-state index in [0.717, 1.165) is 23.2 Å². The van der Waals surface area contributed by atoms with Crippen LogP contribution in [0.3, 0.4) is 0 Å². The van der Waals surface area contributed by atoms with Crippen LogP contribution in [0.4, 0.5) is 17.1 Å². The molecule has 0 fully saturated rings. The van der Waals surface area contributed by atoms with Crippen molar-refractivity contribution in [2.24, 2.45) is 0 Å². The summed E-state index contributed by atoms with van der Waals surface area (Å²) >= 11 is 0. The second kappa shape index (κ2) is 11.7. The number of ether oxygens (including phenoxy) is 2. The van der Waals surface area contributed by atoms with Gasteiger partial charge in [-0.15, -0.1) is 0 Å². The van der Waals surface area contributed by atoms with Gasteiger partial charge in [0.25, 0.3) is 21.8 Å². The summed E-state index contributed by atoms with van der Waals surface area (Å²) in [6.45, 7) is 2.09. The van der Waals surface area contributed by atoms with Crippen LogP contribution < -0.4 is 24.4 Å². The van der Waals surface area contributed by atoms with Crippen molar-refractivity contribution in [2.45, 2.75) is 18.2 Å². The molecule has 0 radical (unpaired) electrons. The monoisotopic (exact) mass is 571 g/mol. The summed E-state index contributed by atoms with van der Waals surface area (Å²) in [7, 11) is -2.21. The van der Waals surface area contributed by atoms with E-state index in [4.69, 9.17) is 9.47 Å². The molecule has 4 aromatic rings. The molecule has 4 aromatic carbocycles. The number of fused-ring (bicyclic) bond motifs is 1. The molecular weight excluding hydrogens is 542 g/mol. The number of hydrogen-bond donors (Lipinski definition) is 2. The van der Waals surface area contributed by atoms with Gasteiger partial charge in [0.1, 0.15) is 11.5 Å². The molecule has 0 aliphatic carbocycles. The number of rotatable bonds is 9. The zero-order valence-electron chi connectivity index (χ0n) is 22.6. The second-order valence-corrected chi connectivity index (χ2v) is 11.2. The van der Waals surface area contributed by atoms with E-state index in [-0.39, 0.29) is 17.4 Å². The van der Waals surface area contributed by atoms with Gasteiger partial charge in [0.05, 0.1) is 17.7 Å². The Balaban J connectivity index is 1.18.